The lowest BCUT2D eigenvalue weighted by molar-refractivity contribution is -0.148. The minimum Gasteiger partial charge on any atom is -0.465 e. The van der Waals surface area contributed by atoms with E-state index in [-0.39, 0.29) is 0 Å². The number of esters is 1. The quantitative estimate of drug-likeness (QED) is 0.517. The molecule has 0 aliphatic carbocycles. The van der Waals surface area contributed by atoms with E-state index < -0.39 is 18.0 Å². The Kier molecular flexibility index (Phi) is 5.84. The first kappa shape index (κ1) is 18.2. The first-order valence-corrected chi connectivity index (χ1v) is 8.51. The van der Waals surface area contributed by atoms with Crippen LogP contribution in [0.1, 0.15) is 12.7 Å². The number of rotatable bonds is 6. The number of nitrogens with one attached hydrogen (secondary N) is 1. The van der Waals surface area contributed by atoms with Crippen molar-refractivity contribution in [3.8, 4) is 11.1 Å². The highest BCUT2D eigenvalue weighted by Gasteiger charge is 2.18. The molecule has 1 N–H and O–H groups in total. The van der Waals surface area contributed by atoms with Crippen LogP contribution in [0.25, 0.3) is 17.2 Å². The molecule has 0 unspecified atom stereocenters. The molecule has 0 fully saturated rings. The molecular formula is C22H19NO4. The van der Waals surface area contributed by atoms with Crippen LogP contribution in [-0.4, -0.2) is 18.0 Å². The number of carbonyl (C=O) groups is 2. The molecule has 0 aliphatic heterocycles. The third kappa shape index (κ3) is 4.95. The van der Waals surface area contributed by atoms with E-state index in [0.29, 0.717) is 11.4 Å². The molecule has 1 aromatic heterocycles. The van der Waals surface area contributed by atoms with E-state index in [1.54, 1.807) is 12.1 Å². The summed E-state index contributed by atoms with van der Waals surface area (Å²) in [5.74, 6) is -0.496. The molecule has 0 radical (unpaired) electrons. The van der Waals surface area contributed by atoms with Crippen LogP contribution in [0, 0.1) is 0 Å². The van der Waals surface area contributed by atoms with Crippen molar-refractivity contribution in [3.63, 3.8) is 0 Å². The number of ether oxygens (including phenoxy) is 1. The maximum absolute atomic E-state index is 12.4. The third-order valence-corrected chi connectivity index (χ3v) is 3.86. The zero-order valence-electron chi connectivity index (χ0n) is 14.8. The summed E-state index contributed by atoms with van der Waals surface area (Å²) in [5.41, 5.74) is 2.53. The molecule has 2 aromatic carbocycles. The van der Waals surface area contributed by atoms with Gasteiger partial charge >= 0.3 is 5.97 Å². The smallest absolute Gasteiger partial charge is 0.331 e. The highest BCUT2D eigenvalue weighted by Crippen LogP contribution is 2.27. The number of anilines is 1. The summed E-state index contributed by atoms with van der Waals surface area (Å²) in [5, 5.41) is 2.83. The number of hydrogen-bond donors (Lipinski definition) is 1. The van der Waals surface area contributed by atoms with Gasteiger partial charge in [-0.15, -0.1) is 0 Å². The molecule has 0 saturated heterocycles. The van der Waals surface area contributed by atoms with Gasteiger partial charge in [0.05, 0.1) is 6.26 Å². The summed E-state index contributed by atoms with van der Waals surface area (Å²) >= 11 is 0. The zero-order chi connectivity index (χ0) is 19.1. The molecule has 27 heavy (non-hydrogen) atoms. The fraction of sp³-hybridized carbons (Fsp3) is 0.0909. The highest BCUT2D eigenvalue weighted by molar-refractivity contribution is 5.99. The summed E-state index contributed by atoms with van der Waals surface area (Å²) in [6.07, 6.45) is 3.27. The van der Waals surface area contributed by atoms with Crippen LogP contribution in [0.2, 0.25) is 0 Å². The highest BCUT2D eigenvalue weighted by atomic mass is 16.5. The molecule has 3 aromatic rings. The third-order valence-electron chi connectivity index (χ3n) is 3.86. The number of carbonyl (C=O) groups excluding carboxylic acids is 2. The summed E-state index contributed by atoms with van der Waals surface area (Å²) in [6.45, 7) is 1.53. The van der Waals surface area contributed by atoms with Crippen molar-refractivity contribution in [1.29, 1.82) is 0 Å². The second-order valence-electron chi connectivity index (χ2n) is 5.83. The summed E-state index contributed by atoms with van der Waals surface area (Å²) in [4.78, 5) is 24.3. The Morgan fingerprint density at radius 1 is 1.00 bits per heavy atom. The normalized spacial score (nSPS) is 11.9. The average molecular weight is 361 g/mol. The molecule has 1 amide bonds. The average Bonchev–Trinajstić information content (AvgIpc) is 3.21. The van der Waals surface area contributed by atoms with Crippen LogP contribution in [0.4, 0.5) is 5.69 Å². The van der Waals surface area contributed by atoms with Crippen LogP contribution >= 0.6 is 0 Å². The molecule has 0 spiro atoms. The van der Waals surface area contributed by atoms with Gasteiger partial charge in [0.25, 0.3) is 5.91 Å². The van der Waals surface area contributed by atoms with Crippen LogP contribution in [0.3, 0.4) is 0 Å². The monoisotopic (exact) mass is 361 g/mol. The van der Waals surface area contributed by atoms with Crippen LogP contribution < -0.4 is 5.32 Å². The number of furan rings is 1. The number of benzene rings is 2. The van der Waals surface area contributed by atoms with Gasteiger partial charge in [-0.05, 0) is 36.8 Å². The van der Waals surface area contributed by atoms with Gasteiger partial charge < -0.3 is 14.5 Å². The number of hydrogen-bond acceptors (Lipinski definition) is 4. The van der Waals surface area contributed by atoms with Gasteiger partial charge in [-0.2, -0.15) is 0 Å². The first-order valence-electron chi connectivity index (χ1n) is 8.51. The number of amides is 1. The molecule has 0 bridgehead atoms. The van der Waals surface area contributed by atoms with Crippen molar-refractivity contribution >= 4 is 23.6 Å². The van der Waals surface area contributed by atoms with E-state index in [0.717, 1.165) is 11.1 Å². The lowest BCUT2D eigenvalue weighted by Gasteiger charge is -2.15. The van der Waals surface area contributed by atoms with Crippen LogP contribution in [0.15, 0.2) is 83.5 Å². The van der Waals surface area contributed by atoms with Crippen molar-refractivity contribution < 1.29 is 18.7 Å². The predicted molar refractivity (Wildman–Crippen MR) is 104 cm³/mol. The van der Waals surface area contributed by atoms with Gasteiger partial charge in [0.1, 0.15) is 5.76 Å². The van der Waals surface area contributed by atoms with Gasteiger partial charge in [-0.1, -0.05) is 48.5 Å². The van der Waals surface area contributed by atoms with Gasteiger partial charge in [0, 0.05) is 17.3 Å². The Hall–Kier alpha value is -3.60. The molecule has 1 heterocycles. The fourth-order valence-electron chi connectivity index (χ4n) is 2.50. The van der Waals surface area contributed by atoms with Gasteiger partial charge in [-0.25, -0.2) is 4.79 Å². The standard InChI is InChI=1S/C22H19NO4/c1-16(27-21(24)14-13-18-10-7-15-26-18)22(25)23-20-12-6-5-11-19(20)17-8-3-2-4-9-17/h2-16H,1H3,(H,23,25)/b14-13+/t16-/m0/s1. The van der Waals surface area contributed by atoms with Gasteiger partial charge in [0.15, 0.2) is 6.10 Å². The fourth-order valence-corrected chi connectivity index (χ4v) is 2.50. The SMILES string of the molecule is C[C@H](OC(=O)/C=C/c1ccco1)C(=O)Nc1ccccc1-c1ccccc1. The Labute approximate surface area is 157 Å². The van der Waals surface area contributed by atoms with Crippen molar-refractivity contribution in [2.75, 3.05) is 5.32 Å². The van der Waals surface area contributed by atoms with Gasteiger partial charge in [-0.3, -0.25) is 4.79 Å². The van der Waals surface area contributed by atoms with Crippen molar-refractivity contribution in [3.05, 3.63) is 84.8 Å². The first-order chi connectivity index (χ1) is 13.1. The van der Waals surface area contributed by atoms with Crippen molar-refractivity contribution in [2.45, 2.75) is 13.0 Å². The van der Waals surface area contributed by atoms with E-state index in [4.69, 9.17) is 9.15 Å². The number of para-hydroxylation sites is 1. The van der Waals surface area contributed by atoms with Gasteiger partial charge in [0.2, 0.25) is 0 Å². The molecule has 136 valence electrons. The van der Waals surface area contributed by atoms with Crippen molar-refractivity contribution in [2.24, 2.45) is 0 Å². The van der Waals surface area contributed by atoms with Crippen LogP contribution in [-0.2, 0) is 14.3 Å². The molecule has 1 atom stereocenters. The lowest BCUT2D eigenvalue weighted by atomic mass is 10.0. The lowest BCUT2D eigenvalue weighted by Crippen LogP contribution is -2.29. The minimum atomic E-state index is -0.942. The molecule has 0 aliphatic rings. The predicted octanol–water partition coefficient (Wildman–Crippen LogP) is 4.53. The Bertz CT molecular complexity index is 930. The minimum absolute atomic E-state index is 0.405. The maximum Gasteiger partial charge on any atom is 0.331 e. The Morgan fingerprint density at radius 2 is 1.74 bits per heavy atom. The van der Waals surface area contributed by atoms with Crippen molar-refractivity contribution in [1.82, 2.24) is 0 Å². The van der Waals surface area contributed by atoms with E-state index in [9.17, 15) is 9.59 Å². The van der Waals surface area contributed by atoms with E-state index in [1.165, 1.54) is 25.3 Å². The summed E-state index contributed by atoms with van der Waals surface area (Å²) in [6, 6.07) is 20.6. The largest absolute Gasteiger partial charge is 0.465 e. The topological polar surface area (TPSA) is 68.5 Å². The van der Waals surface area contributed by atoms with E-state index in [2.05, 4.69) is 5.32 Å². The molecule has 0 saturated carbocycles. The molecule has 3 rings (SSSR count). The zero-order valence-corrected chi connectivity index (χ0v) is 14.8. The Morgan fingerprint density at radius 3 is 2.48 bits per heavy atom. The second-order valence-corrected chi connectivity index (χ2v) is 5.83. The summed E-state index contributed by atoms with van der Waals surface area (Å²) in [7, 11) is 0. The molecular weight excluding hydrogens is 342 g/mol. The maximum atomic E-state index is 12.4. The molecule has 5 heteroatoms. The second kappa shape index (κ2) is 8.67. The van der Waals surface area contributed by atoms with E-state index in [1.807, 2.05) is 54.6 Å². The Balaban J connectivity index is 1.64. The van der Waals surface area contributed by atoms with E-state index >= 15 is 0 Å². The molecule has 5 nitrogen and oxygen atoms in total. The van der Waals surface area contributed by atoms with Crippen LogP contribution in [0.5, 0.6) is 0 Å². The summed E-state index contributed by atoms with van der Waals surface area (Å²) < 4.78 is 10.2.